The van der Waals surface area contributed by atoms with E-state index < -0.39 is 29.9 Å². The second-order valence-electron chi connectivity index (χ2n) is 9.29. The molecule has 10 heteroatoms. The quantitative estimate of drug-likeness (QED) is 0.306. The highest BCUT2D eigenvalue weighted by Gasteiger charge is 2.37. The molecule has 3 aromatic carbocycles. The number of aliphatic hydroxyl groups is 1. The van der Waals surface area contributed by atoms with Crippen LogP contribution in [0.2, 0.25) is 0 Å². The number of nitrogens with zero attached hydrogens (tertiary/aromatic N) is 3. The maximum atomic E-state index is 14.0. The van der Waals surface area contributed by atoms with Gasteiger partial charge in [0.15, 0.2) is 0 Å². The molecule has 1 unspecified atom stereocenters. The number of benzene rings is 3. The Kier molecular flexibility index (Phi) is 7.39. The standard InChI is InChI=1S/C28H26F3N3O4/c1-17-6-4-5-7-21(17)22-13-12-20(14-23(22)28(29,30)31)25-32-24(33-38-25)19-10-8-18(9-11-19)15-34(3)27(2,16-35)26(36)37/h4-14,35H,15-16H2,1-3H3,(H,36,37). The first-order valence-corrected chi connectivity index (χ1v) is 11.7. The number of aromatic nitrogens is 2. The number of aliphatic carboxylic acids is 1. The summed E-state index contributed by atoms with van der Waals surface area (Å²) in [4.78, 5) is 17.4. The molecule has 0 aliphatic heterocycles. The van der Waals surface area contributed by atoms with E-state index in [1.165, 1.54) is 24.0 Å². The lowest BCUT2D eigenvalue weighted by molar-refractivity contribution is -0.152. The van der Waals surface area contributed by atoms with Gasteiger partial charge in [-0.1, -0.05) is 59.8 Å². The zero-order valence-corrected chi connectivity index (χ0v) is 21.0. The van der Waals surface area contributed by atoms with Gasteiger partial charge in [0.2, 0.25) is 5.82 Å². The predicted molar refractivity (Wildman–Crippen MR) is 135 cm³/mol. The van der Waals surface area contributed by atoms with Crippen molar-refractivity contribution in [1.29, 1.82) is 0 Å². The van der Waals surface area contributed by atoms with Crippen LogP contribution < -0.4 is 0 Å². The molecule has 0 bridgehead atoms. The van der Waals surface area contributed by atoms with Crippen molar-refractivity contribution >= 4 is 5.97 Å². The maximum absolute atomic E-state index is 14.0. The summed E-state index contributed by atoms with van der Waals surface area (Å²) in [6.07, 6.45) is -4.59. The van der Waals surface area contributed by atoms with Crippen LogP contribution in [0.5, 0.6) is 0 Å². The van der Waals surface area contributed by atoms with Gasteiger partial charge in [0.1, 0.15) is 5.54 Å². The van der Waals surface area contributed by atoms with E-state index in [1.54, 1.807) is 62.5 Å². The van der Waals surface area contributed by atoms with Crippen molar-refractivity contribution in [3.8, 4) is 34.0 Å². The smallest absolute Gasteiger partial charge is 0.417 e. The van der Waals surface area contributed by atoms with Crippen LogP contribution in [0.25, 0.3) is 34.0 Å². The third-order valence-corrected chi connectivity index (χ3v) is 6.68. The van der Waals surface area contributed by atoms with Gasteiger partial charge in [-0.25, -0.2) is 0 Å². The number of aliphatic hydroxyl groups excluding tert-OH is 1. The molecule has 198 valence electrons. The lowest BCUT2D eigenvalue weighted by Gasteiger charge is -2.33. The summed E-state index contributed by atoms with van der Waals surface area (Å²) >= 11 is 0. The Labute approximate surface area is 217 Å². The Morgan fingerprint density at radius 1 is 1.00 bits per heavy atom. The average Bonchev–Trinajstić information content (AvgIpc) is 3.38. The average molecular weight is 526 g/mol. The molecule has 0 aliphatic carbocycles. The van der Waals surface area contributed by atoms with E-state index in [-0.39, 0.29) is 29.4 Å². The van der Waals surface area contributed by atoms with Crippen LogP contribution in [-0.4, -0.2) is 50.4 Å². The van der Waals surface area contributed by atoms with Crippen LogP contribution in [-0.2, 0) is 17.5 Å². The molecular formula is C28H26F3N3O4. The Bertz CT molecular complexity index is 1450. The van der Waals surface area contributed by atoms with Gasteiger partial charge >= 0.3 is 12.1 Å². The first-order chi connectivity index (χ1) is 17.9. The number of carbonyl (C=O) groups is 1. The summed E-state index contributed by atoms with van der Waals surface area (Å²) in [5.41, 5.74) is 0.544. The van der Waals surface area contributed by atoms with Crippen molar-refractivity contribution in [2.75, 3.05) is 13.7 Å². The van der Waals surface area contributed by atoms with Crippen LogP contribution in [0.15, 0.2) is 71.3 Å². The Balaban J connectivity index is 1.59. The van der Waals surface area contributed by atoms with Crippen molar-refractivity contribution in [3.05, 3.63) is 83.4 Å². The topological polar surface area (TPSA) is 99.7 Å². The van der Waals surface area contributed by atoms with Gasteiger partial charge in [0.25, 0.3) is 5.89 Å². The summed E-state index contributed by atoms with van der Waals surface area (Å²) < 4.78 is 47.2. The molecule has 4 aromatic rings. The highest BCUT2D eigenvalue weighted by atomic mass is 19.4. The Hall–Kier alpha value is -4.02. The van der Waals surface area contributed by atoms with Crippen molar-refractivity contribution in [3.63, 3.8) is 0 Å². The molecule has 2 N–H and O–H groups in total. The van der Waals surface area contributed by atoms with E-state index >= 15 is 0 Å². The molecule has 0 aliphatic rings. The first-order valence-electron chi connectivity index (χ1n) is 11.7. The minimum atomic E-state index is -4.59. The fourth-order valence-corrected chi connectivity index (χ4v) is 4.04. The van der Waals surface area contributed by atoms with Crippen LogP contribution in [0.1, 0.15) is 23.6 Å². The van der Waals surface area contributed by atoms with Crippen molar-refractivity contribution < 1.29 is 32.7 Å². The molecule has 0 saturated carbocycles. The van der Waals surface area contributed by atoms with Gasteiger partial charge in [-0.2, -0.15) is 18.2 Å². The zero-order chi connectivity index (χ0) is 27.7. The van der Waals surface area contributed by atoms with Crippen LogP contribution in [0.4, 0.5) is 13.2 Å². The largest absolute Gasteiger partial charge is 0.480 e. The van der Waals surface area contributed by atoms with Gasteiger partial charge in [-0.05, 0) is 55.3 Å². The van der Waals surface area contributed by atoms with Gasteiger partial charge < -0.3 is 14.7 Å². The van der Waals surface area contributed by atoms with Crippen LogP contribution in [0.3, 0.4) is 0 Å². The Morgan fingerprint density at radius 2 is 1.66 bits per heavy atom. The lowest BCUT2D eigenvalue weighted by atomic mass is 9.94. The van der Waals surface area contributed by atoms with Crippen molar-refractivity contribution in [1.82, 2.24) is 15.0 Å². The summed E-state index contributed by atoms with van der Waals surface area (Å²) in [5.74, 6) is -0.993. The van der Waals surface area contributed by atoms with E-state index in [0.717, 1.165) is 17.2 Å². The molecule has 0 saturated heterocycles. The number of likely N-dealkylation sites (N-methyl/N-ethyl adjacent to an activating group) is 1. The third-order valence-electron chi connectivity index (χ3n) is 6.68. The van der Waals surface area contributed by atoms with Gasteiger partial charge in [-0.15, -0.1) is 0 Å². The summed E-state index contributed by atoms with van der Waals surface area (Å²) in [5, 5.41) is 22.9. The number of halogens is 3. The van der Waals surface area contributed by atoms with Gasteiger partial charge in [0, 0.05) is 17.7 Å². The number of carboxylic acid groups (broad SMARTS) is 1. The van der Waals surface area contributed by atoms with Crippen LogP contribution >= 0.6 is 0 Å². The van der Waals surface area contributed by atoms with Crippen LogP contribution in [0, 0.1) is 6.92 Å². The van der Waals surface area contributed by atoms with E-state index in [2.05, 4.69) is 10.1 Å². The summed E-state index contributed by atoms with van der Waals surface area (Å²) in [7, 11) is 1.60. The molecule has 1 aromatic heterocycles. The fraction of sp³-hybridized carbons (Fsp3) is 0.250. The lowest BCUT2D eigenvalue weighted by Crippen LogP contribution is -2.52. The molecule has 0 spiro atoms. The number of aryl methyl sites for hydroxylation is 1. The highest BCUT2D eigenvalue weighted by Crippen LogP contribution is 2.40. The molecule has 0 radical (unpaired) electrons. The van der Waals surface area contributed by atoms with E-state index in [0.29, 0.717) is 11.1 Å². The number of alkyl halides is 3. The number of carboxylic acids is 1. The minimum Gasteiger partial charge on any atom is -0.480 e. The Morgan fingerprint density at radius 3 is 2.26 bits per heavy atom. The first kappa shape index (κ1) is 27.0. The number of hydrogen-bond acceptors (Lipinski definition) is 6. The number of rotatable bonds is 8. The second-order valence-corrected chi connectivity index (χ2v) is 9.29. The highest BCUT2D eigenvalue weighted by molar-refractivity contribution is 5.78. The van der Waals surface area contributed by atoms with E-state index in [4.69, 9.17) is 4.52 Å². The van der Waals surface area contributed by atoms with Gasteiger partial charge in [0.05, 0.1) is 12.2 Å². The van der Waals surface area contributed by atoms with Crippen molar-refractivity contribution in [2.24, 2.45) is 0 Å². The van der Waals surface area contributed by atoms with E-state index in [1.807, 2.05) is 0 Å². The van der Waals surface area contributed by atoms with E-state index in [9.17, 15) is 28.2 Å². The third kappa shape index (κ3) is 5.32. The molecular weight excluding hydrogens is 499 g/mol. The SMILES string of the molecule is Cc1ccccc1-c1ccc(-c2nc(-c3ccc(CN(C)C(C)(CO)C(=O)O)cc3)no2)cc1C(F)(F)F. The summed E-state index contributed by atoms with van der Waals surface area (Å²) in [6, 6.07) is 17.7. The molecule has 4 rings (SSSR count). The monoisotopic (exact) mass is 525 g/mol. The zero-order valence-electron chi connectivity index (χ0n) is 21.0. The predicted octanol–water partition coefficient (Wildman–Crippen LogP) is 5.67. The second kappa shape index (κ2) is 10.4. The molecule has 1 heterocycles. The molecule has 0 amide bonds. The number of hydrogen-bond donors (Lipinski definition) is 2. The molecule has 1 atom stereocenters. The summed E-state index contributed by atoms with van der Waals surface area (Å²) in [6.45, 7) is 2.90. The van der Waals surface area contributed by atoms with Crippen molar-refractivity contribution in [2.45, 2.75) is 32.1 Å². The normalized spacial score (nSPS) is 13.5. The molecule has 0 fully saturated rings. The molecule has 38 heavy (non-hydrogen) atoms. The molecule has 7 nitrogen and oxygen atoms in total. The van der Waals surface area contributed by atoms with Gasteiger partial charge in [-0.3, -0.25) is 9.69 Å². The maximum Gasteiger partial charge on any atom is 0.417 e. The minimum absolute atomic E-state index is 0.0502. The fourth-order valence-electron chi connectivity index (χ4n) is 4.04.